The molecule has 1 aromatic heterocycles. The summed E-state index contributed by atoms with van der Waals surface area (Å²) in [6.45, 7) is 1.73. The molecular weight excluding hydrogens is 330 g/mol. The average Bonchev–Trinajstić information content (AvgIpc) is 3.32. The fraction of sp³-hybridized carbons (Fsp3) is 0.158. The van der Waals surface area contributed by atoms with Crippen LogP contribution in [0.5, 0.6) is 0 Å². The van der Waals surface area contributed by atoms with Gasteiger partial charge in [-0.1, -0.05) is 48.5 Å². The minimum absolute atomic E-state index is 0.222. The Morgan fingerprint density at radius 2 is 1.77 bits per heavy atom. The quantitative estimate of drug-likeness (QED) is 0.726. The monoisotopic (exact) mass is 347 g/mol. The molecule has 0 saturated heterocycles. The number of hydrogen-bond acceptors (Lipinski definition) is 5. The fourth-order valence-electron chi connectivity index (χ4n) is 3.02. The molecule has 7 heteroatoms. The number of aromatic nitrogens is 3. The third-order valence-electron chi connectivity index (χ3n) is 4.19. The van der Waals surface area contributed by atoms with Crippen molar-refractivity contribution in [2.75, 3.05) is 0 Å². The molecule has 7 nitrogen and oxygen atoms in total. The highest BCUT2D eigenvalue weighted by atomic mass is 16.6. The summed E-state index contributed by atoms with van der Waals surface area (Å²) in [4.78, 5) is 16.4. The van der Waals surface area contributed by atoms with Crippen LogP contribution >= 0.6 is 0 Å². The molecule has 0 radical (unpaired) electrons. The van der Waals surface area contributed by atoms with E-state index in [4.69, 9.17) is 4.74 Å². The van der Waals surface area contributed by atoms with Gasteiger partial charge in [0.05, 0.1) is 0 Å². The smallest absolute Gasteiger partial charge is 0.252 e. The van der Waals surface area contributed by atoms with Gasteiger partial charge in [0.2, 0.25) is 11.8 Å². The summed E-state index contributed by atoms with van der Waals surface area (Å²) in [5, 5.41) is 10.0. The van der Waals surface area contributed by atoms with Crippen LogP contribution in [0.2, 0.25) is 0 Å². The Kier molecular flexibility index (Phi) is 3.96. The Bertz CT molecular complexity index is 925. The number of rotatable bonds is 4. The summed E-state index contributed by atoms with van der Waals surface area (Å²) in [6.07, 6.45) is 3.04. The molecule has 4 rings (SSSR count). The Hall–Kier alpha value is -3.48. The second-order valence-corrected chi connectivity index (χ2v) is 5.95. The molecule has 1 amide bonds. The summed E-state index contributed by atoms with van der Waals surface area (Å²) in [6, 6.07) is 19.1. The number of ether oxygens (including phenoxy) is 1. The van der Waals surface area contributed by atoms with Crippen LogP contribution in [0.3, 0.4) is 0 Å². The van der Waals surface area contributed by atoms with Crippen LogP contribution in [0.25, 0.3) is 0 Å². The lowest BCUT2D eigenvalue weighted by atomic mass is 10.0. The van der Waals surface area contributed by atoms with Crippen LogP contribution in [0.1, 0.15) is 18.1 Å². The van der Waals surface area contributed by atoms with E-state index in [-0.39, 0.29) is 12.5 Å². The molecule has 3 aromatic rings. The van der Waals surface area contributed by atoms with E-state index in [0.717, 1.165) is 11.1 Å². The van der Waals surface area contributed by atoms with Crippen molar-refractivity contribution < 1.29 is 9.53 Å². The first kappa shape index (κ1) is 16.0. The van der Waals surface area contributed by atoms with Gasteiger partial charge in [0.25, 0.3) is 5.72 Å². The lowest BCUT2D eigenvalue weighted by Crippen LogP contribution is -2.47. The van der Waals surface area contributed by atoms with E-state index in [0.29, 0.717) is 5.90 Å². The Morgan fingerprint density at radius 1 is 1.08 bits per heavy atom. The van der Waals surface area contributed by atoms with E-state index in [1.54, 1.807) is 11.0 Å². The van der Waals surface area contributed by atoms with Crippen LogP contribution in [-0.2, 0) is 21.8 Å². The second-order valence-electron chi connectivity index (χ2n) is 5.95. The average molecular weight is 347 g/mol. The van der Waals surface area contributed by atoms with E-state index in [1.165, 1.54) is 18.3 Å². The van der Waals surface area contributed by atoms with Crippen molar-refractivity contribution in [3.05, 3.63) is 84.4 Å². The summed E-state index contributed by atoms with van der Waals surface area (Å²) < 4.78 is 7.97. The first-order valence-corrected chi connectivity index (χ1v) is 8.21. The lowest BCUT2D eigenvalue weighted by molar-refractivity contribution is -0.151. The zero-order valence-corrected chi connectivity index (χ0v) is 14.2. The molecule has 1 aliphatic rings. The van der Waals surface area contributed by atoms with Gasteiger partial charge < -0.3 is 4.74 Å². The van der Waals surface area contributed by atoms with Gasteiger partial charge in [0.1, 0.15) is 19.2 Å². The fourth-order valence-corrected chi connectivity index (χ4v) is 3.02. The van der Waals surface area contributed by atoms with Gasteiger partial charge in [-0.15, -0.1) is 5.10 Å². The van der Waals surface area contributed by atoms with Gasteiger partial charge >= 0.3 is 0 Å². The molecule has 2 heterocycles. The number of carbonyl (C=O) groups is 1. The normalized spacial score (nSPS) is 19.1. The van der Waals surface area contributed by atoms with Crippen molar-refractivity contribution in [1.29, 1.82) is 0 Å². The molecule has 2 aromatic carbocycles. The highest BCUT2D eigenvalue weighted by Gasteiger charge is 2.49. The van der Waals surface area contributed by atoms with E-state index in [1.807, 2.05) is 60.7 Å². The van der Waals surface area contributed by atoms with Gasteiger partial charge in [0.15, 0.2) is 0 Å². The summed E-state index contributed by atoms with van der Waals surface area (Å²) in [5.74, 6) is 0.171. The molecule has 1 aliphatic heterocycles. The number of hydrogen-bond donors (Lipinski definition) is 0. The van der Waals surface area contributed by atoms with Crippen LogP contribution < -0.4 is 0 Å². The van der Waals surface area contributed by atoms with E-state index in [2.05, 4.69) is 15.2 Å². The number of carbonyl (C=O) groups excluding carboxylic acids is 1. The number of amides is 1. The van der Waals surface area contributed by atoms with Crippen molar-refractivity contribution in [3.63, 3.8) is 0 Å². The topological polar surface area (TPSA) is 72.6 Å². The first-order chi connectivity index (χ1) is 12.7. The Balaban J connectivity index is 1.83. The highest BCUT2D eigenvalue weighted by molar-refractivity contribution is 5.96. The lowest BCUT2D eigenvalue weighted by Gasteiger charge is -2.34. The number of hydrazone groups is 1. The van der Waals surface area contributed by atoms with Gasteiger partial charge in [0, 0.05) is 18.1 Å². The minimum atomic E-state index is -1.13. The van der Waals surface area contributed by atoms with Crippen molar-refractivity contribution in [1.82, 2.24) is 19.8 Å². The third kappa shape index (κ3) is 2.73. The standard InChI is InChI=1S/C19H17N5O2/c1-15(25)24-19(12-23-14-20-13-21-23,17-10-6-3-7-11-17)26-18(22-24)16-8-4-2-5-9-16/h2-11,13-14H,12H2,1H3/t19-/m0/s1. The van der Waals surface area contributed by atoms with E-state index >= 15 is 0 Å². The molecular formula is C19H17N5O2. The van der Waals surface area contributed by atoms with Gasteiger partial charge in [-0.25, -0.2) is 9.67 Å². The van der Waals surface area contributed by atoms with Crippen LogP contribution in [0, 0.1) is 0 Å². The zero-order chi connectivity index (χ0) is 18.0. The van der Waals surface area contributed by atoms with Crippen molar-refractivity contribution in [3.8, 4) is 0 Å². The SMILES string of the molecule is CC(=O)N1N=C(c2ccccc2)O[C@@]1(Cn1cncn1)c1ccccc1. The van der Waals surface area contributed by atoms with Crippen LogP contribution in [0.15, 0.2) is 78.4 Å². The summed E-state index contributed by atoms with van der Waals surface area (Å²) >= 11 is 0. The van der Waals surface area contributed by atoms with Crippen molar-refractivity contribution >= 4 is 11.8 Å². The largest absolute Gasteiger partial charge is 0.441 e. The van der Waals surface area contributed by atoms with Gasteiger partial charge in [-0.2, -0.15) is 10.1 Å². The van der Waals surface area contributed by atoms with Crippen molar-refractivity contribution in [2.24, 2.45) is 5.10 Å². The number of benzene rings is 2. The molecule has 0 fully saturated rings. The second kappa shape index (κ2) is 6.44. The Labute approximate surface area is 150 Å². The van der Waals surface area contributed by atoms with Gasteiger partial charge in [-0.3, -0.25) is 4.79 Å². The predicted molar refractivity (Wildman–Crippen MR) is 94.7 cm³/mol. The third-order valence-corrected chi connectivity index (χ3v) is 4.19. The van der Waals surface area contributed by atoms with Crippen molar-refractivity contribution in [2.45, 2.75) is 19.2 Å². The first-order valence-electron chi connectivity index (χ1n) is 8.21. The maximum absolute atomic E-state index is 12.4. The molecule has 0 N–H and O–H groups in total. The highest BCUT2D eigenvalue weighted by Crippen LogP contribution is 2.38. The van der Waals surface area contributed by atoms with Crippen LogP contribution in [-0.4, -0.2) is 31.6 Å². The molecule has 0 spiro atoms. The molecule has 0 saturated carbocycles. The van der Waals surface area contributed by atoms with E-state index < -0.39 is 5.72 Å². The molecule has 26 heavy (non-hydrogen) atoms. The summed E-state index contributed by atoms with van der Waals surface area (Å²) in [5.41, 5.74) is 0.474. The maximum Gasteiger partial charge on any atom is 0.252 e. The van der Waals surface area contributed by atoms with Gasteiger partial charge in [-0.05, 0) is 12.1 Å². The zero-order valence-electron chi connectivity index (χ0n) is 14.2. The van der Waals surface area contributed by atoms with Crippen LogP contribution in [0.4, 0.5) is 0 Å². The molecule has 1 atom stereocenters. The molecule has 0 aliphatic carbocycles. The summed E-state index contributed by atoms with van der Waals surface area (Å²) in [7, 11) is 0. The molecule has 0 unspecified atom stereocenters. The van der Waals surface area contributed by atoms with E-state index in [9.17, 15) is 4.79 Å². The Morgan fingerprint density at radius 3 is 2.38 bits per heavy atom. The molecule has 0 bridgehead atoms. The minimum Gasteiger partial charge on any atom is -0.441 e. The maximum atomic E-state index is 12.4. The number of nitrogens with zero attached hydrogens (tertiary/aromatic N) is 5. The molecule has 130 valence electrons. The predicted octanol–water partition coefficient (Wildman–Crippen LogP) is 2.37.